The van der Waals surface area contributed by atoms with Gasteiger partial charge in [0.1, 0.15) is 17.2 Å². The Morgan fingerprint density at radius 1 is 0.732 bits per heavy atom. The largest absolute Gasteiger partial charge is 0.444 e. The third kappa shape index (κ3) is 11.5. The number of fused-ring (bicyclic) bond motifs is 2. The number of ether oxygens (including phenoxy) is 2. The Bertz CT molecular complexity index is 2160. The summed E-state index contributed by atoms with van der Waals surface area (Å²) in [4.78, 5) is 64.4. The average Bonchev–Trinajstić information content (AvgIpc) is 3.14. The van der Waals surface area contributed by atoms with Crippen molar-refractivity contribution in [1.82, 2.24) is 30.8 Å². The van der Waals surface area contributed by atoms with Crippen LogP contribution in [0.5, 0.6) is 0 Å². The van der Waals surface area contributed by atoms with Crippen molar-refractivity contribution < 1.29 is 28.7 Å². The number of aromatic nitrogens is 2. The average molecular weight is 761 g/mol. The summed E-state index contributed by atoms with van der Waals surface area (Å²) in [7, 11) is 0. The number of pyridine rings is 2. The van der Waals surface area contributed by atoms with Gasteiger partial charge in [0.2, 0.25) is 5.91 Å². The zero-order chi connectivity index (χ0) is 40.5. The lowest BCUT2D eigenvalue weighted by Gasteiger charge is -2.27. The van der Waals surface area contributed by atoms with E-state index in [1.54, 1.807) is 62.3 Å². The molecule has 4 amide bonds. The van der Waals surface area contributed by atoms with Crippen LogP contribution >= 0.6 is 0 Å². The predicted octanol–water partition coefficient (Wildman–Crippen LogP) is 8.00. The van der Waals surface area contributed by atoms with Crippen LogP contribution in [0.2, 0.25) is 0 Å². The molecule has 5 rings (SSSR count). The van der Waals surface area contributed by atoms with Crippen molar-refractivity contribution >= 4 is 45.7 Å². The molecule has 2 aromatic heterocycles. The van der Waals surface area contributed by atoms with E-state index in [0.29, 0.717) is 34.1 Å². The quantitative estimate of drug-likeness (QED) is 0.102. The molecule has 0 saturated carbocycles. The number of nitrogens with zero attached hydrogens (tertiary/aromatic N) is 3. The Balaban J connectivity index is 1.38. The van der Waals surface area contributed by atoms with Crippen LogP contribution in [0.4, 0.5) is 9.59 Å². The van der Waals surface area contributed by atoms with Crippen molar-refractivity contribution in [3.05, 3.63) is 120 Å². The van der Waals surface area contributed by atoms with Gasteiger partial charge >= 0.3 is 12.2 Å². The molecule has 0 spiro atoms. The van der Waals surface area contributed by atoms with E-state index in [-0.39, 0.29) is 38.0 Å². The van der Waals surface area contributed by atoms with Gasteiger partial charge in [0.05, 0.1) is 30.3 Å². The number of hydrogen-bond donors (Lipinski definition) is 3. The zero-order valence-electron chi connectivity index (χ0n) is 33.2. The molecule has 2 atom stereocenters. The normalized spacial score (nSPS) is 12.7. The Labute approximate surface area is 328 Å². The summed E-state index contributed by atoms with van der Waals surface area (Å²) in [5.74, 6) is -0.831. The number of alkyl carbamates (subject to hydrolysis) is 1. The third-order valence-electron chi connectivity index (χ3n) is 8.80. The van der Waals surface area contributed by atoms with E-state index in [0.717, 1.165) is 16.3 Å². The predicted molar refractivity (Wildman–Crippen MR) is 217 cm³/mol. The second-order valence-electron chi connectivity index (χ2n) is 15.7. The van der Waals surface area contributed by atoms with Crippen molar-refractivity contribution in [2.45, 2.75) is 97.7 Å². The fourth-order valence-electron chi connectivity index (χ4n) is 6.30. The maximum atomic E-state index is 14.1. The third-order valence-corrected chi connectivity index (χ3v) is 8.80. The molecular formula is C44H52N6O6. The maximum Gasteiger partial charge on any atom is 0.410 e. The number of nitrogens with one attached hydrogen (secondary N) is 3. The van der Waals surface area contributed by atoms with Crippen LogP contribution in [-0.2, 0) is 27.4 Å². The van der Waals surface area contributed by atoms with Crippen LogP contribution in [0.3, 0.4) is 0 Å². The van der Waals surface area contributed by atoms with E-state index < -0.39 is 35.3 Å². The minimum Gasteiger partial charge on any atom is -0.444 e. The molecule has 294 valence electrons. The lowest BCUT2D eigenvalue weighted by molar-refractivity contribution is -0.123. The summed E-state index contributed by atoms with van der Waals surface area (Å²) in [6.07, 6.45) is 2.86. The summed E-state index contributed by atoms with van der Waals surface area (Å²) in [5, 5.41) is 11.4. The summed E-state index contributed by atoms with van der Waals surface area (Å²) in [6.45, 7) is 13.3. The molecule has 12 nitrogen and oxygen atoms in total. The van der Waals surface area contributed by atoms with Crippen molar-refractivity contribution in [1.29, 1.82) is 0 Å². The highest BCUT2D eigenvalue weighted by atomic mass is 16.6. The molecule has 5 aromatic rings. The smallest absolute Gasteiger partial charge is 0.410 e. The highest BCUT2D eigenvalue weighted by Crippen LogP contribution is 2.26. The van der Waals surface area contributed by atoms with Gasteiger partial charge in [0, 0.05) is 29.9 Å². The van der Waals surface area contributed by atoms with Gasteiger partial charge < -0.3 is 25.4 Å². The Kier molecular flexibility index (Phi) is 13.3. The minimum atomic E-state index is -0.937. The molecule has 0 fully saturated rings. The highest BCUT2D eigenvalue weighted by molar-refractivity contribution is 6.08. The van der Waals surface area contributed by atoms with Crippen LogP contribution in [0, 0.1) is 0 Å². The molecule has 3 aromatic carbocycles. The first kappa shape index (κ1) is 41.1. The van der Waals surface area contributed by atoms with Crippen LogP contribution in [-0.4, -0.2) is 62.7 Å². The van der Waals surface area contributed by atoms with Crippen LogP contribution in [0.1, 0.15) is 94.5 Å². The van der Waals surface area contributed by atoms with Crippen LogP contribution < -0.4 is 16.0 Å². The summed E-state index contributed by atoms with van der Waals surface area (Å²) in [6, 6.07) is 25.1. The molecule has 12 heteroatoms. The van der Waals surface area contributed by atoms with E-state index in [2.05, 4.69) is 25.9 Å². The molecule has 56 heavy (non-hydrogen) atoms. The molecular weight excluding hydrogens is 709 g/mol. The topological polar surface area (TPSA) is 152 Å². The van der Waals surface area contributed by atoms with Gasteiger partial charge in [0.15, 0.2) is 0 Å². The second-order valence-corrected chi connectivity index (χ2v) is 15.7. The van der Waals surface area contributed by atoms with Crippen molar-refractivity contribution in [3.8, 4) is 0 Å². The molecule has 0 aliphatic carbocycles. The molecule has 0 bridgehead atoms. The summed E-state index contributed by atoms with van der Waals surface area (Å²) >= 11 is 0. The van der Waals surface area contributed by atoms with Crippen LogP contribution in [0.25, 0.3) is 21.7 Å². The highest BCUT2D eigenvalue weighted by Gasteiger charge is 2.27. The number of carbonyl (C=O) groups is 4. The van der Waals surface area contributed by atoms with E-state index in [4.69, 9.17) is 9.47 Å². The van der Waals surface area contributed by atoms with Gasteiger partial charge in [0.25, 0.3) is 5.91 Å². The first-order valence-corrected chi connectivity index (χ1v) is 18.9. The van der Waals surface area contributed by atoms with Gasteiger partial charge in [-0.15, -0.1) is 0 Å². The first-order chi connectivity index (χ1) is 26.6. The number of hydrogen-bond acceptors (Lipinski definition) is 8. The molecule has 2 heterocycles. The molecule has 0 radical (unpaired) electrons. The monoisotopic (exact) mass is 760 g/mol. The molecule has 0 unspecified atom stereocenters. The fraction of sp³-hybridized carbons (Fsp3) is 0.364. The lowest BCUT2D eigenvalue weighted by atomic mass is 9.99. The zero-order valence-corrected chi connectivity index (χ0v) is 33.2. The van der Waals surface area contributed by atoms with Gasteiger partial charge in [-0.2, -0.15) is 0 Å². The Morgan fingerprint density at radius 3 is 2.16 bits per heavy atom. The Hall–Kier alpha value is -6.04. The molecule has 3 N–H and O–H groups in total. The number of amides is 4. The first-order valence-electron chi connectivity index (χ1n) is 18.9. The number of carbonyl (C=O) groups excluding carboxylic acids is 4. The van der Waals surface area contributed by atoms with E-state index in [9.17, 15) is 19.2 Å². The van der Waals surface area contributed by atoms with Crippen LogP contribution in [0.15, 0.2) is 97.3 Å². The lowest BCUT2D eigenvalue weighted by Crippen LogP contribution is -2.47. The second kappa shape index (κ2) is 18.1. The summed E-state index contributed by atoms with van der Waals surface area (Å²) < 4.78 is 11.1. The van der Waals surface area contributed by atoms with Gasteiger partial charge in [-0.25, -0.2) is 9.59 Å². The summed E-state index contributed by atoms with van der Waals surface area (Å²) in [5.41, 5.74) is 1.81. The van der Waals surface area contributed by atoms with Gasteiger partial charge in [-0.3, -0.25) is 24.5 Å². The van der Waals surface area contributed by atoms with E-state index in [1.807, 2.05) is 88.4 Å². The molecule has 0 aliphatic heterocycles. The molecule has 0 aliphatic rings. The molecule has 0 saturated heterocycles. The number of rotatable bonds is 13. The van der Waals surface area contributed by atoms with Crippen molar-refractivity contribution in [2.24, 2.45) is 0 Å². The van der Waals surface area contributed by atoms with Crippen molar-refractivity contribution in [3.63, 3.8) is 0 Å². The SMILES string of the molecule is C[C@H](NC(=O)[C@H](CCCNC(=O)OC(C)(C)C)NC(=O)c1ccc(CN(Cc2ccccn2)C(=O)OC(C)(C)C)c2ncccc12)c1cccc2ccccc12. The van der Waals surface area contributed by atoms with Gasteiger partial charge in [-0.1, -0.05) is 60.7 Å². The van der Waals surface area contributed by atoms with E-state index in [1.165, 1.54) is 0 Å². The Morgan fingerprint density at radius 2 is 1.43 bits per heavy atom. The standard InChI is InChI=1S/C44H52N6O6/c1-29(33-19-12-16-30-15-8-9-18-34(30)33)48-40(52)37(21-14-26-47-41(53)55-43(2,3)4)49-39(51)36-23-22-31(38-35(36)20-13-25-46-38)27-50(42(54)56-44(5,6)7)28-32-17-10-11-24-45-32/h8-13,15-20,22-25,29,37H,14,21,26-28H2,1-7H3,(H,47,53)(H,48,52)(H,49,51)/t29-,37-/m0/s1. The van der Waals surface area contributed by atoms with Crippen molar-refractivity contribution in [2.75, 3.05) is 6.54 Å². The maximum absolute atomic E-state index is 14.1. The van der Waals surface area contributed by atoms with E-state index >= 15 is 0 Å². The minimum absolute atomic E-state index is 0.142. The number of benzene rings is 3. The van der Waals surface area contributed by atoms with Gasteiger partial charge in [-0.05, 0) is 107 Å². The fourth-order valence-corrected chi connectivity index (χ4v) is 6.30.